The quantitative estimate of drug-likeness (QED) is 0.649. The van der Waals surface area contributed by atoms with E-state index in [9.17, 15) is 13.2 Å². The molecule has 2 aromatic rings. The summed E-state index contributed by atoms with van der Waals surface area (Å²) >= 11 is 1.74. The summed E-state index contributed by atoms with van der Waals surface area (Å²) in [6.45, 7) is 1.27. The summed E-state index contributed by atoms with van der Waals surface area (Å²) < 4.78 is 25.6. The molecule has 1 saturated carbocycles. The summed E-state index contributed by atoms with van der Waals surface area (Å²) in [4.78, 5) is 22.9. The van der Waals surface area contributed by atoms with Crippen molar-refractivity contribution in [1.82, 2.24) is 14.8 Å². The van der Waals surface area contributed by atoms with Crippen LogP contribution in [0.3, 0.4) is 0 Å². The van der Waals surface area contributed by atoms with Gasteiger partial charge in [0.2, 0.25) is 5.91 Å². The van der Waals surface area contributed by atoms with Crippen molar-refractivity contribution in [1.29, 1.82) is 0 Å². The standard InChI is InChI=1S/C24H33N3O3S2/c28-23(27(18-8-2-1-3-9-18)19-13-15-32(29,30)17-19)16-26-14-7-6-11-21(26)24-25-20-10-4-5-12-22(20)31-24/h4-5,10,12,18-19,21H,1-3,6-9,11,13-17H2/t19-,21-/m0/s1. The van der Waals surface area contributed by atoms with Gasteiger partial charge in [0, 0.05) is 12.1 Å². The average Bonchev–Trinajstić information content (AvgIpc) is 3.38. The van der Waals surface area contributed by atoms with Gasteiger partial charge in [-0.25, -0.2) is 13.4 Å². The molecule has 1 aromatic carbocycles. The molecule has 1 amide bonds. The van der Waals surface area contributed by atoms with Crippen molar-refractivity contribution >= 4 is 37.3 Å². The molecular formula is C24H33N3O3S2. The van der Waals surface area contributed by atoms with E-state index < -0.39 is 9.84 Å². The number of hydrogen-bond donors (Lipinski definition) is 0. The lowest BCUT2D eigenvalue weighted by molar-refractivity contribution is -0.138. The molecule has 3 fully saturated rings. The van der Waals surface area contributed by atoms with Crippen LogP contribution < -0.4 is 0 Å². The van der Waals surface area contributed by atoms with Crippen LogP contribution in [0.4, 0.5) is 0 Å². The van der Waals surface area contributed by atoms with Crippen LogP contribution in [0.2, 0.25) is 0 Å². The van der Waals surface area contributed by atoms with Crippen molar-refractivity contribution in [2.75, 3.05) is 24.6 Å². The monoisotopic (exact) mass is 475 g/mol. The Balaban J connectivity index is 1.37. The lowest BCUT2D eigenvalue weighted by Crippen LogP contribution is -2.52. The second-order valence-corrected chi connectivity index (χ2v) is 12.9. The first kappa shape index (κ1) is 22.3. The van der Waals surface area contributed by atoms with Crippen molar-refractivity contribution in [3.05, 3.63) is 29.3 Å². The number of para-hydroxylation sites is 1. The van der Waals surface area contributed by atoms with E-state index in [-0.39, 0.29) is 35.5 Å². The summed E-state index contributed by atoms with van der Waals surface area (Å²) in [6.07, 6.45) is 9.34. The second kappa shape index (κ2) is 9.39. The number of aromatic nitrogens is 1. The number of thiazole rings is 1. The third kappa shape index (κ3) is 4.73. The van der Waals surface area contributed by atoms with Crippen molar-refractivity contribution in [3.63, 3.8) is 0 Å². The van der Waals surface area contributed by atoms with E-state index in [0.29, 0.717) is 13.0 Å². The van der Waals surface area contributed by atoms with Gasteiger partial charge in [-0.2, -0.15) is 0 Å². The molecule has 3 heterocycles. The third-order valence-electron chi connectivity index (χ3n) is 7.41. The van der Waals surface area contributed by atoms with Crippen LogP contribution in [-0.2, 0) is 14.6 Å². The van der Waals surface area contributed by atoms with Gasteiger partial charge in [0.25, 0.3) is 0 Å². The largest absolute Gasteiger partial charge is 0.335 e. The van der Waals surface area contributed by atoms with E-state index in [1.54, 1.807) is 11.3 Å². The molecule has 6 nitrogen and oxygen atoms in total. The molecule has 1 aliphatic carbocycles. The molecule has 2 atom stereocenters. The molecule has 1 aromatic heterocycles. The minimum Gasteiger partial charge on any atom is -0.335 e. The normalized spacial score (nSPS) is 27.0. The number of carbonyl (C=O) groups excluding carboxylic acids is 1. The van der Waals surface area contributed by atoms with Gasteiger partial charge in [0.1, 0.15) is 5.01 Å². The Morgan fingerprint density at radius 3 is 2.56 bits per heavy atom. The number of carbonyl (C=O) groups is 1. The first-order valence-corrected chi connectivity index (χ1v) is 14.7. The molecule has 174 valence electrons. The molecule has 2 saturated heterocycles. The Bertz CT molecular complexity index is 1030. The summed E-state index contributed by atoms with van der Waals surface area (Å²) in [5.74, 6) is 0.468. The maximum absolute atomic E-state index is 13.7. The Labute approximate surface area is 194 Å². The van der Waals surface area contributed by atoms with Gasteiger partial charge >= 0.3 is 0 Å². The number of fused-ring (bicyclic) bond motifs is 1. The summed E-state index contributed by atoms with van der Waals surface area (Å²) in [6, 6.07) is 8.45. The van der Waals surface area contributed by atoms with Crippen LogP contribution in [-0.4, -0.2) is 65.8 Å². The SMILES string of the molecule is O=C(CN1CCCC[C@H]1c1nc2ccccc2s1)N(C1CCCCC1)[C@H]1CCS(=O)(=O)C1. The maximum Gasteiger partial charge on any atom is 0.237 e. The zero-order chi connectivity index (χ0) is 22.1. The maximum atomic E-state index is 13.7. The minimum absolute atomic E-state index is 0.118. The van der Waals surface area contributed by atoms with Gasteiger partial charge in [-0.15, -0.1) is 11.3 Å². The number of likely N-dealkylation sites (tertiary alicyclic amines) is 1. The number of nitrogens with zero attached hydrogens (tertiary/aromatic N) is 3. The van der Waals surface area contributed by atoms with Crippen molar-refractivity contribution in [3.8, 4) is 0 Å². The highest BCUT2D eigenvalue weighted by atomic mass is 32.2. The van der Waals surface area contributed by atoms with E-state index in [2.05, 4.69) is 17.0 Å². The average molecular weight is 476 g/mol. The number of amides is 1. The molecule has 2 aliphatic heterocycles. The zero-order valence-electron chi connectivity index (χ0n) is 18.6. The number of sulfone groups is 1. The molecular weight excluding hydrogens is 442 g/mol. The molecule has 8 heteroatoms. The Morgan fingerprint density at radius 1 is 1.03 bits per heavy atom. The Hall–Kier alpha value is -1.51. The van der Waals surface area contributed by atoms with Gasteiger partial charge in [-0.1, -0.05) is 37.8 Å². The fourth-order valence-corrected chi connectivity index (χ4v) is 8.66. The first-order valence-electron chi connectivity index (χ1n) is 12.1. The third-order valence-corrected chi connectivity index (χ3v) is 10.3. The topological polar surface area (TPSA) is 70.6 Å². The Morgan fingerprint density at radius 2 is 1.81 bits per heavy atom. The molecule has 0 spiro atoms. The van der Waals surface area contributed by atoms with E-state index in [0.717, 1.165) is 62.0 Å². The minimum atomic E-state index is -3.03. The fourth-order valence-electron chi connectivity index (χ4n) is 5.81. The fraction of sp³-hybridized carbons (Fsp3) is 0.667. The Kier molecular flexibility index (Phi) is 6.54. The number of hydrogen-bond acceptors (Lipinski definition) is 6. The van der Waals surface area contributed by atoms with Gasteiger partial charge < -0.3 is 4.90 Å². The molecule has 3 aliphatic rings. The second-order valence-electron chi connectivity index (χ2n) is 9.65. The van der Waals surface area contributed by atoms with Crippen LogP contribution in [0.25, 0.3) is 10.2 Å². The molecule has 5 rings (SSSR count). The summed E-state index contributed by atoms with van der Waals surface area (Å²) in [5, 5.41) is 1.10. The smallest absolute Gasteiger partial charge is 0.237 e. The van der Waals surface area contributed by atoms with Crippen molar-refractivity contribution in [2.24, 2.45) is 0 Å². The predicted molar refractivity (Wildman–Crippen MR) is 129 cm³/mol. The molecule has 0 N–H and O–H groups in total. The van der Waals surface area contributed by atoms with E-state index in [1.165, 1.54) is 11.1 Å². The first-order chi connectivity index (χ1) is 15.5. The summed E-state index contributed by atoms with van der Waals surface area (Å²) in [5.41, 5.74) is 1.03. The van der Waals surface area contributed by atoms with Gasteiger partial charge in [-0.05, 0) is 50.8 Å². The van der Waals surface area contributed by atoms with Crippen molar-refractivity contribution in [2.45, 2.75) is 75.9 Å². The van der Waals surface area contributed by atoms with Gasteiger partial charge in [0.15, 0.2) is 9.84 Å². The molecule has 32 heavy (non-hydrogen) atoms. The van der Waals surface area contributed by atoms with Crippen LogP contribution >= 0.6 is 11.3 Å². The molecule has 0 bridgehead atoms. The molecule has 0 unspecified atom stereocenters. The zero-order valence-corrected chi connectivity index (χ0v) is 20.2. The predicted octanol–water partition coefficient (Wildman–Crippen LogP) is 4.17. The van der Waals surface area contributed by atoms with E-state index >= 15 is 0 Å². The highest BCUT2D eigenvalue weighted by Gasteiger charge is 2.39. The van der Waals surface area contributed by atoms with Crippen LogP contribution in [0, 0.1) is 0 Å². The van der Waals surface area contributed by atoms with Crippen LogP contribution in [0.1, 0.15) is 68.8 Å². The highest BCUT2D eigenvalue weighted by Crippen LogP contribution is 2.36. The van der Waals surface area contributed by atoms with Gasteiger partial charge in [-0.3, -0.25) is 9.69 Å². The van der Waals surface area contributed by atoms with Crippen LogP contribution in [0.5, 0.6) is 0 Å². The lowest BCUT2D eigenvalue weighted by Gasteiger charge is -2.41. The molecule has 0 radical (unpaired) electrons. The van der Waals surface area contributed by atoms with Crippen LogP contribution in [0.15, 0.2) is 24.3 Å². The lowest BCUT2D eigenvalue weighted by atomic mass is 9.92. The number of benzene rings is 1. The number of rotatable bonds is 5. The van der Waals surface area contributed by atoms with Crippen molar-refractivity contribution < 1.29 is 13.2 Å². The van der Waals surface area contributed by atoms with E-state index in [4.69, 9.17) is 4.98 Å². The van der Waals surface area contributed by atoms with Gasteiger partial charge in [0.05, 0.1) is 34.3 Å². The van der Waals surface area contributed by atoms with E-state index in [1.807, 2.05) is 17.0 Å². The number of piperidine rings is 1. The summed E-state index contributed by atoms with van der Waals surface area (Å²) in [7, 11) is -3.03. The highest BCUT2D eigenvalue weighted by molar-refractivity contribution is 7.91.